The third kappa shape index (κ3) is 3.71. The highest BCUT2D eigenvalue weighted by Crippen LogP contribution is 2.31. The van der Waals surface area contributed by atoms with E-state index in [1.54, 1.807) is 0 Å². The lowest BCUT2D eigenvalue weighted by Crippen LogP contribution is -2.44. The summed E-state index contributed by atoms with van der Waals surface area (Å²) in [7, 11) is 0. The number of fused-ring (bicyclic) bond motifs is 1. The van der Waals surface area contributed by atoms with E-state index in [4.69, 9.17) is 0 Å². The van der Waals surface area contributed by atoms with Gasteiger partial charge in [-0.05, 0) is 30.7 Å². The van der Waals surface area contributed by atoms with Crippen LogP contribution < -0.4 is 5.32 Å². The molecule has 0 saturated carbocycles. The van der Waals surface area contributed by atoms with E-state index >= 15 is 0 Å². The summed E-state index contributed by atoms with van der Waals surface area (Å²) in [6.07, 6.45) is 3.52. The highest BCUT2D eigenvalue weighted by molar-refractivity contribution is 5.78. The first-order valence-corrected chi connectivity index (χ1v) is 9.05. The summed E-state index contributed by atoms with van der Waals surface area (Å²) in [6.45, 7) is 4.81. The number of hydrogen-bond acceptors (Lipinski definition) is 2. The van der Waals surface area contributed by atoms with Gasteiger partial charge in [0, 0.05) is 32.6 Å². The summed E-state index contributed by atoms with van der Waals surface area (Å²) in [5.74, 6) is 0.620. The number of rotatable bonds is 4. The van der Waals surface area contributed by atoms with E-state index in [9.17, 15) is 9.59 Å². The van der Waals surface area contributed by atoms with E-state index in [-0.39, 0.29) is 18.0 Å². The van der Waals surface area contributed by atoms with Crippen LogP contribution in [-0.4, -0.2) is 47.4 Å². The number of hydrogen-bond donors (Lipinski definition) is 1. The molecule has 3 amide bonds. The number of likely N-dealkylation sites (tertiary alicyclic amines) is 2. The molecule has 0 spiro atoms. The fourth-order valence-corrected chi connectivity index (χ4v) is 3.83. The van der Waals surface area contributed by atoms with Gasteiger partial charge in [-0.3, -0.25) is 4.79 Å². The Balaban J connectivity index is 1.72. The van der Waals surface area contributed by atoms with Gasteiger partial charge in [-0.15, -0.1) is 0 Å². The highest BCUT2D eigenvalue weighted by atomic mass is 16.2. The Morgan fingerprint density at radius 3 is 2.79 bits per heavy atom. The molecule has 2 atom stereocenters. The zero-order valence-corrected chi connectivity index (χ0v) is 14.4. The van der Waals surface area contributed by atoms with Crippen LogP contribution in [0, 0.1) is 5.92 Å². The van der Waals surface area contributed by atoms with E-state index in [0.717, 1.165) is 31.4 Å². The molecule has 0 radical (unpaired) electrons. The van der Waals surface area contributed by atoms with Crippen molar-refractivity contribution >= 4 is 11.9 Å². The largest absolute Gasteiger partial charge is 0.338 e. The molecule has 0 bridgehead atoms. The van der Waals surface area contributed by atoms with Gasteiger partial charge < -0.3 is 15.1 Å². The van der Waals surface area contributed by atoms with Gasteiger partial charge in [0.1, 0.15) is 0 Å². The quantitative estimate of drug-likeness (QED) is 0.923. The Bertz CT molecular complexity index is 575. The van der Waals surface area contributed by atoms with Gasteiger partial charge in [-0.1, -0.05) is 37.3 Å². The number of amides is 3. The van der Waals surface area contributed by atoms with E-state index in [0.29, 0.717) is 32.0 Å². The molecule has 0 unspecified atom stereocenters. The average molecular weight is 329 g/mol. The maximum absolute atomic E-state index is 12.6. The third-order valence-electron chi connectivity index (χ3n) is 5.10. The molecule has 2 fully saturated rings. The maximum atomic E-state index is 12.6. The summed E-state index contributed by atoms with van der Waals surface area (Å²) in [4.78, 5) is 28.8. The Morgan fingerprint density at radius 2 is 2.04 bits per heavy atom. The van der Waals surface area contributed by atoms with Crippen molar-refractivity contribution < 1.29 is 9.59 Å². The number of nitrogens with zero attached hydrogens (tertiary/aromatic N) is 2. The normalized spacial score (nSPS) is 23.8. The molecule has 5 heteroatoms. The van der Waals surface area contributed by atoms with Crippen LogP contribution in [0.5, 0.6) is 0 Å². The fourth-order valence-electron chi connectivity index (χ4n) is 3.83. The molecule has 130 valence electrons. The van der Waals surface area contributed by atoms with E-state index in [2.05, 4.69) is 24.4 Å². The molecule has 1 aromatic rings. The van der Waals surface area contributed by atoms with Gasteiger partial charge >= 0.3 is 6.03 Å². The Hall–Kier alpha value is -2.04. The minimum Gasteiger partial charge on any atom is -0.338 e. The number of nitrogens with one attached hydrogen (secondary N) is 1. The van der Waals surface area contributed by atoms with Gasteiger partial charge in [0.25, 0.3) is 0 Å². The van der Waals surface area contributed by atoms with Crippen LogP contribution in [0.2, 0.25) is 0 Å². The van der Waals surface area contributed by atoms with Crippen LogP contribution in [0.15, 0.2) is 30.3 Å². The van der Waals surface area contributed by atoms with Crippen molar-refractivity contribution in [1.82, 2.24) is 15.1 Å². The smallest absolute Gasteiger partial charge is 0.317 e. The molecule has 1 aromatic carbocycles. The van der Waals surface area contributed by atoms with Crippen LogP contribution in [0.4, 0.5) is 4.79 Å². The predicted molar refractivity (Wildman–Crippen MR) is 93.4 cm³/mol. The first-order chi connectivity index (χ1) is 11.7. The zero-order valence-electron chi connectivity index (χ0n) is 14.4. The van der Waals surface area contributed by atoms with Crippen LogP contribution in [0.25, 0.3) is 0 Å². The lowest BCUT2D eigenvalue weighted by molar-refractivity contribution is -0.133. The summed E-state index contributed by atoms with van der Waals surface area (Å²) in [6, 6.07) is 10.3. The molecule has 0 aromatic heterocycles. The molecule has 5 nitrogen and oxygen atoms in total. The standard InChI is InChI=1S/C19H27N3O2/c1-2-11-20-19(24)21-13-16-9-6-10-18(23)22(17(16)14-21)12-15-7-4-3-5-8-15/h3-5,7-8,16-17H,2,6,9-14H2,1H3,(H,20,24)/t16-,17+/m1/s1. The second-order valence-electron chi connectivity index (χ2n) is 6.86. The second-order valence-corrected chi connectivity index (χ2v) is 6.86. The summed E-state index contributed by atoms with van der Waals surface area (Å²) < 4.78 is 0. The van der Waals surface area contributed by atoms with Crippen LogP contribution in [0.1, 0.15) is 38.2 Å². The zero-order chi connectivity index (χ0) is 16.9. The van der Waals surface area contributed by atoms with Gasteiger partial charge in [-0.2, -0.15) is 0 Å². The molecular formula is C19H27N3O2. The lowest BCUT2D eigenvalue weighted by atomic mass is 9.98. The molecular weight excluding hydrogens is 302 g/mol. The molecule has 2 heterocycles. The average Bonchev–Trinajstić information content (AvgIpc) is 2.96. The molecule has 2 aliphatic heterocycles. The van der Waals surface area contributed by atoms with Crippen LogP contribution >= 0.6 is 0 Å². The molecule has 0 aliphatic carbocycles. The van der Waals surface area contributed by atoms with Crippen molar-refractivity contribution in [3.05, 3.63) is 35.9 Å². The van der Waals surface area contributed by atoms with Gasteiger partial charge in [0.05, 0.1) is 6.04 Å². The first kappa shape index (κ1) is 16.8. The highest BCUT2D eigenvalue weighted by Gasteiger charge is 2.41. The number of carbonyl (C=O) groups is 2. The first-order valence-electron chi connectivity index (χ1n) is 9.05. The Morgan fingerprint density at radius 1 is 1.25 bits per heavy atom. The minimum absolute atomic E-state index is 0.0111. The van der Waals surface area contributed by atoms with Crippen molar-refractivity contribution in [2.75, 3.05) is 19.6 Å². The summed E-state index contributed by atoms with van der Waals surface area (Å²) >= 11 is 0. The third-order valence-corrected chi connectivity index (χ3v) is 5.10. The number of urea groups is 1. The number of carbonyl (C=O) groups excluding carboxylic acids is 2. The van der Waals surface area contributed by atoms with Crippen LogP contribution in [-0.2, 0) is 11.3 Å². The van der Waals surface area contributed by atoms with Crippen molar-refractivity contribution in [2.24, 2.45) is 5.92 Å². The minimum atomic E-state index is 0.0111. The van der Waals surface area contributed by atoms with Gasteiger partial charge in [0.2, 0.25) is 5.91 Å². The van der Waals surface area contributed by atoms with E-state index in [1.165, 1.54) is 0 Å². The van der Waals surface area contributed by atoms with Crippen LogP contribution in [0.3, 0.4) is 0 Å². The van der Waals surface area contributed by atoms with Crippen molar-refractivity contribution in [2.45, 2.75) is 45.2 Å². The van der Waals surface area contributed by atoms with E-state index < -0.39 is 0 Å². The van der Waals surface area contributed by atoms with Gasteiger partial charge in [0.15, 0.2) is 0 Å². The molecule has 2 saturated heterocycles. The summed E-state index contributed by atoms with van der Waals surface area (Å²) in [5, 5.41) is 2.96. The molecule has 1 N–H and O–H groups in total. The predicted octanol–water partition coefficient (Wildman–Crippen LogP) is 2.62. The number of benzene rings is 1. The second kappa shape index (κ2) is 7.69. The molecule has 2 aliphatic rings. The van der Waals surface area contributed by atoms with Crippen molar-refractivity contribution in [3.63, 3.8) is 0 Å². The molecule has 3 rings (SSSR count). The fraction of sp³-hybridized carbons (Fsp3) is 0.579. The topological polar surface area (TPSA) is 52.7 Å². The van der Waals surface area contributed by atoms with Crippen molar-refractivity contribution in [3.8, 4) is 0 Å². The van der Waals surface area contributed by atoms with Gasteiger partial charge in [-0.25, -0.2) is 4.79 Å². The van der Waals surface area contributed by atoms with E-state index in [1.807, 2.05) is 28.0 Å². The Kier molecular flexibility index (Phi) is 5.38. The Labute approximate surface area is 144 Å². The molecule has 24 heavy (non-hydrogen) atoms. The monoisotopic (exact) mass is 329 g/mol. The maximum Gasteiger partial charge on any atom is 0.317 e. The SMILES string of the molecule is CCCNC(=O)N1C[C@H]2CCCC(=O)N(Cc3ccccc3)[C@H]2C1. The summed E-state index contributed by atoms with van der Waals surface area (Å²) in [5.41, 5.74) is 1.15. The van der Waals surface area contributed by atoms with Crippen molar-refractivity contribution in [1.29, 1.82) is 0 Å². The lowest BCUT2D eigenvalue weighted by Gasteiger charge is -2.30.